The van der Waals surface area contributed by atoms with E-state index in [0.717, 1.165) is 12.1 Å². The lowest BCUT2D eigenvalue weighted by Crippen LogP contribution is -2.26. The van der Waals surface area contributed by atoms with Crippen molar-refractivity contribution in [1.29, 1.82) is 0 Å². The summed E-state index contributed by atoms with van der Waals surface area (Å²) in [5.41, 5.74) is 2.29. The van der Waals surface area contributed by atoms with Crippen molar-refractivity contribution >= 4 is 0 Å². The van der Waals surface area contributed by atoms with Crippen LogP contribution in [0.1, 0.15) is 31.0 Å². The van der Waals surface area contributed by atoms with Crippen molar-refractivity contribution in [3.63, 3.8) is 0 Å². The molecule has 1 atom stereocenters. The Kier molecular flexibility index (Phi) is 4.69. The molecule has 2 aromatic carbocycles. The number of hydrogen-bond acceptors (Lipinski definition) is 1. The Balaban J connectivity index is 2.26. The van der Waals surface area contributed by atoms with Gasteiger partial charge in [0.1, 0.15) is 5.82 Å². The first-order valence-corrected chi connectivity index (χ1v) is 6.70. The lowest BCUT2D eigenvalue weighted by atomic mass is 9.98. The normalized spacial score (nSPS) is 12.6. The van der Waals surface area contributed by atoms with Crippen LogP contribution in [0.25, 0.3) is 0 Å². The highest BCUT2D eigenvalue weighted by atomic mass is 19.1. The van der Waals surface area contributed by atoms with Crippen LogP contribution < -0.4 is 5.32 Å². The summed E-state index contributed by atoms with van der Waals surface area (Å²) < 4.78 is 13.0. The van der Waals surface area contributed by atoms with E-state index in [0.29, 0.717) is 5.92 Å². The van der Waals surface area contributed by atoms with Crippen molar-refractivity contribution in [3.8, 4) is 0 Å². The van der Waals surface area contributed by atoms with Gasteiger partial charge in [-0.1, -0.05) is 56.3 Å². The van der Waals surface area contributed by atoms with Crippen LogP contribution in [0.5, 0.6) is 0 Å². The van der Waals surface area contributed by atoms with Crippen LogP contribution >= 0.6 is 0 Å². The summed E-state index contributed by atoms with van der Waals surface area (Å²) in [7, 11) is 0. The van der Waals surface area contributed by atoms with E-state index < -0.39 is 0 Å². The van der Waals surface area contributed by atoms with Crippen molar-refractivity contribution in [2.24, 2.45) is 5.92 Å². The molecule has 0 bridgehead atoms. The molecule has 0 saturated carbocycles. The highest BCUT2D eigenvalue weighted by Gasteiger charge is 2.13. The molecule has 0 aromatic heterocycles. The first-order chi connectivity index (χ1) is 9.16. The predicted octanol–water partition coefficient (Wildman–Crippen LogP) is 4.16. The summed E-state index contributed by atoms with van der Waals surface area (Å²) in [6.07, 6.45) is 0. The molecule has 1 N–H and O–H groups in total. The van der Waals surface area contributed by atoms with Crippen LogP contribution in [0.4, 0.5) is 4.39 Å². The van der Waals surface area contributed by atoms with Gasteiger partial charge >= 0.3 is 0 Å². The van der Waals surface area contributed by atoms with Crippen LogP contribution in [0, 0.1) is 11.7 Å². The van der Waals surface area contributed by atoms with Gasteiger partial charge in [-0.15, -0.1) is 0 Å². The van der Waals surface area contributed by atoms with Gasteiger partial charge in [0, 0.05) is 0 Å². The molecule has 2 rings (SSSR count). The Hall–Kier alpha value is -1.67. The summed E-state index contributed by atoms with van der Waals surface area (Å²) in [4.78, 5) is 0. The number of benzene rings is 2. The average molecular weight is 257 g/mol. The largest absolute Gasteiger partial charge is 0.306 e. The van der Waals surface area contributed by atoms with Crippen LogP contribution in [-0.4, -0.2) is 6.54 Å². The molecule has 100 valence electrons. The van der Waals surface area contributed by atoms with Gasteiger partial charge in [-0.3, -0.25) is 0 Å². The van der Waals surface area contributed by atoms with E-state index in [1.807, 2.05) is 30.3 Å². The summed E-state index contributed by atoms with van der Waals surface area (Å²) in [5, 5.41) is 3.55. The Morgan fingerprint density at radius 1 is 0.895 bits per heavy atom. The topological polar surface area (TPSA) is 12.0 Å². The quantitative estimate of drug-likeness (QED) is 0.848. The SMILES string of the molecule is CC(C)CNC(c1ccccc1)c1ccc(F)cc1. The fourth-order valence-electron chi connectivity index (χ4n) is 2.08. The van der Waals surface area contributed by atoms with Gasteiger partial charge in [-0.2, -0.15) is 0 Å². The molecule has 0 aliphatic heterocycles. The molecular formula is C17H20FN. The first kappa shape index (κ1) is 13.8. The van der Waals surface area contributed by atoms with E-state index in [9.17, 15) is 4.39 Å². The molecule has 0 aliphatic carbocycles. The summed E-state index contributed by atoms with van der Waals surface area (Å²) >= 11 is 0. The fraction of sp³-hybridized carbons (Fsp3) is 0.294. The van der Waals surface area contributed by atoms with Crippen molar-refractivity contribution < 1.29 is 4.39 Å². The molecule has 0 aliphatic rings. The van der Waals surface area contributed by atoms with Crippen molar-refractivity contribution in [2.75, 3.05) is 6.54 Å². The number of halogens is 1. The highest BCUT2D eigenvalue weighted by molar-refractivity contribution is 5.31. The number of nitrogens with one attached hydrogen (secondary N) is 1. The van der Waals surface area contributed by atoms with Crippen LogP contribution in [0.2, 0.25) is 0 Å². The van der Waals surface area contributed by atoms with E-state index in [2.05, 4.69) is 31.3 Å². The second-order valence-corrected chi connectivity index (χ2v) is 5.20. The van der Waals surface area contributed by atoms with Crippen LogP contribution in [0.3, 0.4) is 0 Å². The van der Waals surface area contributed by atoms with Gasteiger partial charge < -0.3 is 5.32 Å². The molecule has 19 heavy (non-hydrogen) atoms. The predicted molar refractivity (Wildman–Crippen MR) is 77.5 cm³/mol. The maximum absolute atomic E-state index is 13.0. The minimum atomic E-state index is -0.195. The second kappa shape index (κ2) is 6.48. The minimum absolute atomic E-state index is 0.115. The highest BCUT2D eigenvalue weighted by Crippen LogP contribution is 2.22. The standard InChI is InChI=1S/C17H20FN/c1-13(2)12-19-17(14-6-4-3-5-7-14)15-8-10-16(18)11-9-15/h3-11,13,17,19H,12H2,1-2H3. The third kappa shape index (κ3) is 3.90. The lowest BCUT2D eigenvalue weighted by Gasteiger charge is -2.21. The Morgan fingerprint density at radius 2 is 1.47 bits per heavy atom. The lowest BCUT2D eigenvalue weighted by molar-refractivity contribution is 0.512. The fourth-order valence-corrected chi connectivity index (χ4v) is 2.08. The maximum Gasteiger partial charge on any atom is 0.123 e. The zero-order chi connectivity index (χ0) is 13.7. The molecular weight excluding hydrogens is 237 g/mol. The molecule has 0 fully saturated rings. The Bertz CT molecular complexity index is 490. The van der Waals surface area contributed by atoms with E-state index in [1.54, 1.807) is 0 Å². The van der Waals surface area contributed by atoms with E-state index in [-0.39, 0.29) is 11.9 Å². The molecule has 1 unspecified atom stereocenters. The van der Waals surface area contributed by atoms with Gasteiger partial charge in [0.25, 0.3) is 0 Å². The van der Waals surface area contributed by atoms with Gasteiger partial charge in [-0.25, -0.2) is 4.39 Å². The summed E-state index contributed by atoms with van der Waals surface area (Å²) in [5.74, 6) is 0.381. The second-order valence-electron chi connectivity index (χ2n) is 5.20. The van der Waals surface area contributed by atoms with E-state index in [1.165, 1.54) is 17.7 Å². The summed E-state index contributed by atoms with van der Waals surface area (Å²) in [6, 6.07) is 17.1. The van der Waals surface area contributed by atoms with E-state index >= 15 is 0 Å². The molecule has 0 heterocycles. The molecule has 2 heteroatoms. The van der Waals surface area contributed by atoms with E-state index in [4.69, 9.17) is 0 Å². The third-order valence-electron chi connectivity index (χ3n) is 3.07. The van der Waals surface area contributed by atoms with Gasteiger partial charge in [0.15, 0.2) is 0 Å². The molecule has 2 aromatic rings. The monoisotopic (exact) mass is 257 g/mol. The zero-order valence-corrected chi connectivity index (χ0v) is 11.4. The van der Waals surface area contributed by atoms with Crippen molar-refractivity contribution in [3.05, 3.63) is 71.5 Å². The van der Waals surface area contributed by atoms with Crippen LogP contribution in [-0.2, 0) is 0 Å². The van der Waals surface area contributed by atoms with Crippen molar-refractivity contribution in [2.45, 2.75) is 19.9 Å². The first-order valence-electron chi connectivity index (χ1n) is 6.70. The third-order valence-corrected chi connectivity index (χ3v) is 3.07. The Labute approximate surface area is 114 Å². The minimum Gasteiger partial charge on any atom is -0.306 e. The molecule has 1 nitrogen and oxygen atoms in total. The smallest absolute Gasteiger partial charge is 0.123 e. The van der Waals surface area contributed by atoms with Crippen LogP contribution in [0.15, 0.2) is 54.6 Å². The van der Waals surface area contributed by atoms with Gasteiger partial charge in [0.2, 0.25) is 0 Å². The molecule has 0 spiro atoms. The Morgan fingerprint density at radius 3 is 2.05 bits per heavy atom. The van der Waals surface area contributed by atoms with Gasteiger partial charge in [-0.05, 0) is 35.7 Å². The molecule has 0 saturated heterocycles. The summed E-state index contributed by atoms with van der Waals surface area (Å²) in [6.45, 7) is 5.29. The number of rotatable bonds is 5. The molecule has 0 radical (unpaired) electrons. The molecule has 0 amide bonds. The maximum atomic E-state index is 13.0. The average Bonchev–Trinajstić information content (AvgIpc) is 2.42. The van der Waals surface area contributed by atoms with Crippen molar-refractivity contribution in [1.82, 2.24) is 5.32 Å². The van der Waals surface area contributed by atoms with Gasteiger partial charge in [0.05, 0.1) is 6.04 Å². The number of hydrogen-bond donors (Lipinski definition) is 1. The zero-order valence-electron chi connectivity index (χ0n) is 11.4.